The van der Waals surface area contributed by atoms with Gasteiger partial charge in [0, 0.05) is 34.5 Å². The highest BCUT2D eigenvalue weighted by atomic mass is 79.9. The van der Waals surface area contributed by atoms with Gasteiger partial charge in [-0.1, -0.05) is 27.5 Å². The van der Waals surface area contributed by atoms with Crippen LogP contribution >= 0.6 is 27.5 Å². The number of amides is 1. The summed E-state index contributed by atoms with van der Waals surface area (Å²) in [6, 6.07) is 5.08. The van der Waals surface area contributed by atoms with Crippen molar-refractivity contribution in [1.82, 2.24) is 14.9 Å². The predicted molar refractivity (Wildman–Crippen MR) is 73.5 cm³/mol. The minimum Gasteiger partial charge on any atom is -0.345 e. The maximum absolute atomic E-state index is 11.9. The van der Waals surface area contributed by atoms with E-state index in [1.54, 1.807) is 24.4 Å². The van der Waals surface area contributed by atoms with E-state index in [9.17, 15) is 4.79 Å². The third-order valence-corrected chi connectivity index (χ3v) is 3.13. The average molecular weight is 329 g/mol. The summed E-state index contributed by atoms with van der Waals surface area (Å²) < 4.78 is 2.63. The van der Waals surface area contributed by atoms with Gasteiger partial charge in [-0.25, -0.2) is 4.98 Å². The van der Waals surface area contributed by atoms with Gasteiger partial charge in [0.15, 0.2) is 0 Å². The number of aryl methyl sites for hydroxylation is 1. The van der Waals surface area contributed by atoms with Gasteiger partial charge in [0.2, 0.25) is 0 Å². The lowest BCUT2D eigenvalue weighted by Crippen LogP contribution is -2.24. The highest BCUT2D eigenvalue weighted by Gasteiger charge is 2.08. The van der Waals surface area contributed by atoms with Crippen LogP contribution in [0.4, 0.5) is 0 Å². The number of hydrogen-bond donors (Lipinski definition) is 1. The number of halogens is 2. The van der Waals surface area contributed by atoms with Crippen molar-refractivity contribution in [2.24, 2.45) is 7.05 Å². The molecule has 2 aromatic rings. The molecule has 0 saturated heterocycles. The molecule has 1 N–H and O–H groups in total. The topological polar surface area (TPSA) is 46.9 Å². The van der Waals surface area contributed by atoms with Gasteiger partial charge in [-0.05, 0) is 18.2 Å². The molecular formula is C12H11BrClN3O. The molecule has 0 aliphatic carbocycles. The number of carbonyl (C=O) groups is 1. The van der Waals surface area contributed by atoms with E-state index in [0.717, 1.165) is 10.3 Å². The van der Waals surface area contributed by atoms with Crippen LogP contribution in [0.1, 0.15) is 16.2 Å². The predicted octanol–water partition coefficient (Wildman–Crippen LogP) is 2.77. The molecule has 2 rings (SSSR count). The molecular weight excluding hydrogens is 318 g/mol. The quantitative estimate of drug-likeness (QED) is 0.942. The summed E-state index contributed by atoms with van der Waals surface area (Å²) >= 11 is 9.19. The third kappa shape index (κ3) is 3.11. The monoisotopic (exact) mass is 327 g/mol. The maximum Gasteiger partial charge on any atom is 0.251 e. The van der Waals surface area contributed by atoms with Crippen LogP contribution in [0.25, 0.3) is 0 Å². The minimum absolute atomic E-state index is 0.179. The largest absolute Gasteiger partial charge is 0.345 e. The van der Waals surface area contributed by atoms with Crippen molar-refractivity contribution in [3.63, 3.8) is 0 Å². The first-order valence-corrected chi connectivity index (χ1v) is 6.44. The zero-order valence-electron chi connectivity index (χ0n) is 9.65. The van der Waals surface area contributed by atoms with E-state index in [1.807, 2.05) is 17.8 Å². The van der Waals surface area contributed by atoms with Gasteiger partial charge in [0.05, 0.1) is 6.54 Å². The minimum atomic E-state index is -0.179. The molecule has 0 bridgehead atoms. The molecule has 0 aliphatic heterocycles. The molecule has 0 fully saturated rings. The van der Waals surface area contributed by atoms with Gasteiger partial charge in [-0.2, -0.15) is 0 Å². The van der Waals surface area contributed by atoms with Crippen molar-refractivity contribution in [1.29, 1.82) is 0 Å². The Morgan fingerprint density at radius 3 is 2.89 bits per heavy atom. The average Bonchev–Trinajstić information content (AvgIpc) is 2.70. The third-order valence-electron chi connectivity index (χ3n) is 2.45. The molecule has 94 valence electrons. The number of aromatic nitrogens is 2. The lowest BCUT2D eigenvalue weighted by Gasteiger charge is -2.06. The Morgan fingerprint density at radius 1 is 1.50 bits per heavy atom. The van der Waals surface area contributed by atoms with Crippen molar-refractivity contribution in [2.75, 3.05) is 0 Å². The van der Waals surface area contributed by atoms with Crippen molar-refractivity contribution >= 4 is 33.4 Å². The smallest absolute Gasteiger partial charge is 0.251 e. The Hall–Kier alpha value is -1.33. The molecule has 0 unspecified atom stereocenters. The highest BCUT2D eigenvalue weighted by Crippen LogP contribution is 2.19. The van der Waals surface area contributed by atoms with E-state index in [-0.39, 0.29) is 5.91 Å². The van der Waals surface area contributed by atoms with Crippen molar-refractivity contribution < 1.29 is 4.79 Å². The number of benzene rings is 1. The molecule has 4 nitrogen and oxygen atoms in total. The molecule has 0 spiro atoms. The van der Waals surface area contributed by atoms with Crippen LogP contribution in [0.15, 0.2) is 35.1 Å². The Kier molecular flexibility index (Phi) is 4.04. The van der Waals surface area contributed by atoms with E-state index >= 15 is 0 Å². The standard InChI is InChI=1S/C12H11BrClN3O/c1-17-3-2-15-11(17)7-16-12(18)8-4-9(13)6-10(14)5-8/h2-6H,7H2,1H3,(H,16,18). The fourth-order valence-electron chi connectivity index (χ4n) is 1.51. The summed E-state index contributed by atoms with van der Waals surface area (Å²) in [4.78, 5) is 16.1. The number of carbonyl (C=O) groups excluding carboxylic acids is 1. The number of nitrogens with zero attached hydrogens (tertiary/aromatic N) is 2. The lowest BCUT2D eigenvalue weighted by atomic mass is 10.2. The molecule has 0 aliphatic rings. The Balaban J connectivity index is 2.06. The molecule has 6 heteroatoms. The second-order valence-corrected chi connectivity index (χ2v) is 5.15. The summed E-state index contributed by atoms with van der Waals surface area (Å²) in [5.41, 5.74) is 0.517. The molecule has 18 heavy (non-hydrogen) atoms. The zero-order valence-corrected chi connectivity index (χ0v) is 12.0. The summed E-state index contributed by atoms with van der Waals surface area (Å²) in [5, 5.41) is 3.31. The number of hydrogen-bond acceptors (Lipinski definition) is 2. The SMILES string of the molecule is Cn1ccnc1CNC(=O)c1cc(Cl)cc(Br)c1. The summed E-state index contributed by atoms with van der Waals surface area (Å²) in [5.74, 6) is 0.616. The first-order valence-electron chi connectivity index (χ1n) is 5.27. The van der Waals surface area contributed by atoms with Crippen molar-refractivity contribution in [3.05, 3.63) is 51.5 Å². The first-order chi connectivity index (χ1) is 8.56. The molecule has 1 aromatic heterocycles. The highest BCUT2D eigenvalue weighted by molar-refractivity contribution is 9.10. The van der Waals surface area contributed by atoms with Gasteiger partial charge >= 0.3 is 0 Å². The van der Waals surface area contributed by atoms with Crippen molar-refractivity contribution in [3.8, 4) is 0 Å². The van der Waals surface area contributed by atoms with Crippen LogP contribution in [0.3, 0.4) is 0 Å². The molecule has 1 heterocycles. The normalized spacial score (nSPS) is 10.4. The van der Waals surface area contributed by atoms with Gasteiger partial charge in [0.25, 0.3) is 5.91 Å². The summed E-state index contributed by atoms with van der Waals surface area (Å²) in [6.45, 7) is 0.381. The van der Waals surface area contributed by atoms with Crippen molar-refractivity contribution in [2.45, 2.75) is 6.54 Å². The second-order valence-electron chi connectivity index (χ2n) is 3.80. The second kappa shape index (κ2) is 5.54. The van der Waals surface area contributed by atoms with Gasteiger partial charge < -0.3 is 9.88 Å². The van der Waals surface area contributed by atoms with Gasteiger partial charge in [0.1, 0.15) is 5.82 Å². The van der Waals surface area contributed by atoms with Gasteiger partial charge in [-0.3, -0.25) is 4.79 Å². The first kappa shape index (κ1) is 13.1. The molecule has 0 radical (unpaired) electrons. The maximum atomic E-state index is 11.9. The van der Waals surface area contributed by atoms with Crippen LogP contribution in [-0.4, -0.2) is 15.5 Å². The molecule has 1 amide bonds. The number of imidazole rings is 1. The van der Waals surface area contributed by atoms with E-state index in [0.29, 0.717) is 17.1 Å². The Morgan fingerprint density at radius 2 is 2.28 bits per heavy atom. The summed E-state index contributed by atoms with van der Waals surface area (Å²) in [7, 11) is 1.88. The lowest BCUT2D eigenvalue weighted by molar-refractivity contribution is 0.0949. The van der Waals surface area contributed by atoms with Crippen LogP contribution in [0.5, 0.6) is 0 Å². The van der Waals surface area contributed by atoms with Crippen LogP contribution in [0.2, 0.25) is 5.02 Å². The van der Waals surface area contributed by atoms with E-state index in [4.69, 9.17) is 11.6 Å². The molecule has 1 aromatic carbocycles. The summed E-state index contributed by atoms with van der Waals surface area (Å²) in [6.07, 6.45) is 3.52. The van der Waals surface area contributed by atoms with E-state index in [2.05, 4.69) is 26.2 Å². The van der Waals surface area contributed by atoms with Crippen LogP contribution in [0, 0.1) is 0 Å². The molecule has 0 atom stereocenters. The van der Waals surface area contributed by atoms with Crippen LogP contribution < -0.4 is 5.32 Å². The fraction of sp³-hybridized carbons (Fsp3) is 0.167. The Labute approximate surface area is 118 Å². The zero-order chi connectivity index (χ0) is 13.1. The number of nitrogens with one attached hydrogen (secondary N) is 1. The van der Waals surface area contributed by atoms with Gasteiger partial charge in [-0.15, -0.1) is 0 Å². The van der Waals surface area contributed by atoms with Crippen LogP contribution in [-0.2, 0) is 13.6 Å². The van der Waals surface area contributed by atoms with E-state index in [1.165, 1.54) is 0 Å². The van der Waals surface area contributed by atoms with E-state index < -0.39 is 0 Å². The fourth-order valence-corrected chi connectivity index (χ4v) is 2.37. The molecule has 0 saturated carbocycles. The number of rotatable bonds is 3. The Bertz CT molecular complexity index is 562.